The van der Waals surface area contributed by atoms with E-state index >= 15 is 0 Å². The SMILES string of the molecule is COCC(=O)N1C=C(c2ccccc2)N([C@](Cc2ccccc2)(NC(C)=O)C(=O)N2CCCCC2)C(=O)C1C(C)C. The minimum Gasteiger partial charge on any atom is -0.375 e. The van der Waals surface area contributed by atoms with Gasteiger partial charge in [0.1, 0.15) is 12.6 Å². The summed E-state index contributed by atoms with van der Waals surface area (Å²) in [4.78, 5) is 60.5. The molecular formula is C32H40N4O5. The predicted octanol–water partition coefficient (Wildman–Crippen LogP) is 3.41. The molecule has 0 bridgehead atoms. The molecule has 0 saturated carbocycles. The Morgan fingerprint density at radius 1 is 0.976 bits per heavy atom. The molecule has 4 rings (SSSR count). The van der Waals surface area contributed by atoms with Crippen molar-refractivity contribution < 1.29 is 23.9 Å². The zero-order chi connectivity index (χ0) is 29.6. The molecule has 9 nitrogen and oxygen atoms in total. The Balaban J connectivity index is 2.01. The van der Waals surface area contributed by atoms with Crippen molar-refractivity contribution in [3.05, 3.63) is 78.0 Å². The molecule has 2 aliphatic rings. The number of hydrogen-bond donors (Lipinski definition) is 1. The van der Waals surface area contributed by atoms with Gasteiger partial charge in [-0.3, -0.25) is 24.1 Å². The number of hydrogen-bond acceptors (Lipinski definition) is 5. The fourth-order valence-electron chi connectivity index (χ4n) is 5.82. The molecular weight excluding hydrogens is 520 g/mol. The first-order valence-electron chi connectivity index (χ1n) is 14.2. The topological polar surface area (TPSA) is 99.3 Å². The van der Waals surface area contributed by atoms with E-state index in [1.165, 1.54) is 23.8 Å². The Kier molecular flexibility index (Phi) is 9.60. The second-order valence-electron chi connectivity index (χ2n) is 11.0. The minimum atomic E-state index is -1.77. The van der Waals surface area contributed by atoms with Gasteiger partial charge < -0.3 is 19.9 Å². The van der Waals surface area contributed by atoms with E-state index in [1.54, 1.807) is 11.1 Å². The van der Waals surface area contributed by atoms with Crippen LogP contribution in [0.2, 0.25) is 0 Å². The molecule has 0 spiro atoms. The standard InChI is InChI=1S/C32H40N4O5/c1-23(2)29-30(39)36(27(26-16-10-6-11-17-26)21-35(29)28(38)22-41-4)32(33-24(3)37,20-25-14-8-5-9-15-25)31(40)34-18-12-7-13-19-34/h5-6,8-11,14-17,21,23,29H,7,12-13,18-20,22H2,1-4H3,(H,33,37)/t29?,32-/m0/s1. The number of nitrogens with one attached hydrogen (secondary N) is 1. The molecule has 2 aliphatic heterocycles. The number of carbonyl (C=O) groups is 4. The molecule has 9 heteroatoms. The second kappa shape index (κ2) is 13.1. The summed E-state index contributed by atoms with van der Waals surface area (Å²) >= 11 is 0. The predicted molar refractivity (Wildman–Crippen MR) is 156 cm³/mol. The van der Waals surface area contributed by atoms with Gasteiger partial charge in [-0.1, -0.05) is 74.5 Å². The van der Waals surface area contributed by atoms with Gasteiger partial charge in [-0.05, 0) is 36.3 Å². The van der Waals surface area contributed by atoms with Gasteiger partial charge in [0, 0.05) is 39.7 Å². The normalized spacial score (nSPS) is 19.0. The van der Waals surface area contributed by atoms with E-state index < -0.39 is 23.5 Å². The maximum Gasteiger partial charge on any atom is 0.270 e. The van der Waals surface area contributed by atoms with E-state index in [0.717, 1.165) is 24.8 Å². The van der Waals surface area contributed by atoms with Crippen molar-refractivity contribution >= 4 is 29.3 Å². The average Bonchev–Trinajstić information content (AvgIpc) is 2.97. The number of ether oxygens (including phenoxy) is 1. The van der Waals surface area contributed by atoms with Gasteiger partial charge in [0.2, 0.25) is 11.6 Å². The Hall–Kier alpha value is -3.98. The van der Waals surface area contributed by atoms with Gasteiger partial charge in [0.05, 0.1) is 5.70 Å². The Morgan fingerprint density at radius 3 is 2.15 bits per heavy atom. The van der Waals surface area contributed by atoms with Crippen molar-refractivity contribution in [2.24, 2.45) is 5.92 Å². The van der Waals surface area contributed by atoms with Crippen LogP contribution >= 0.6 is 0 Å². The van der Waals surface area contributed by atoms with Crippen LogP contribution in [-0.2, 0) is 30.3 Å². The smallest absolute Gasteiger partial charge is 0.270 e. The molecule has 2 heterocycles. The third kappa shape index (κ3) is 6.35. The fourth-order valence-corrected chi connectivity index (χ4v) is 5.82. The van der Waals surface area contributed by atoms with Crippen LogP contribution in [0.5, 0.6) is 0 Å². The van der Waals surface area contributed by atoms with Crippen LogP contribution < -0.4 is 5.32 Å². The Bertz CT molecular complexity index is 1270. The van der Waals surface area contributed by atoms with E-state index in [0.29, 0.717) is 24.4 Å². The lowest BCUT2D eigenvalue weighted by Gasteiger charge is -2.51. The molecule has 1 unspecified atom stereocenters. The highest BCUT2D eigenvalue weighted by molar-refractivity contribution is 6.04. The van der Waals surface area contributed by atoms with E-state index in [2.05, 4.69) is 5.32 Å². The summed E-state index contributed by atoms with van der Waals surface area (Å²) in [6, 6.07) is 17.6. The van der Waals surface area contributed by atoms with Gasteiger partial charge in [-0.2, -0.15) is 0 Å². The summed E-state index contributed by atoms with van der Waals surface area (Å²) in [6.45, 7) is 5.94. The van der Waals surface area contributed by atoms with Crippen LogP contribution in [0, 0.1) is 5.92 Å². The average molecular weight is 561 g/mol. The largest absolute Gasteiger partial charge is 0.375 e. The molecule has 1 fully saturated rings. The van der Waals surface area contributed by atoms with Crippen molar-refractivity contribution in [1.29, 1.82) is 0 Å². The van der Waals surface area contributed by atoms with Gasteiger partial charge in [-0.25, -0.2) is 0 Å². The lowest BCUT2D eigenvalue weighted by molar-refractivity contribution is -0.161. The lowest BCUT2D eigenvalue weighted by Crippen LogP contribution is -2.73. The third-order valence-corrected chi connectivity index (χ3v) is 7.60. The number of nitrogens with zero attached hydrogens (tertiary/aromatic N) is 3. The number of likely N-dealkylation sites (tertiary alicyclic amines) is 1. The van der Waals surface area contributed by atoms with Crippen LogP contribution in [0.4, 0.5) is 0 Å². The highest BCUT2D eigenvalue weighted by Gasteiger charge is 2.55. The quantitative estimate of drug-likeness (QED) is 0.507. The summed E-state index contributed by atoms with van der Waals surface area (Å²) in [5.74, 6) is -1.89. The fraction of sp³-hybridized carbons (Fsp3) is 0.438. The van der Waals surface area contributed by atoms with Crippen LogP contribution in [0.15, 0.2) is 66.9 Å². The van der Waals surface area contributed by atoms with Crippen LogP contribution in [0.25, 0.3) is 5.70 Å². The molecule has 0 aliphatic carbocycles. The summed E-state index contributed by atoms with van der Waals surface area (Å²) < 4.78 is 5.14. The molecule has 1 saturated heterocycles. The zero-order valence-electron chi connectivity index (χ0n) is 24.3. The minimum absolute atomic E-state index is 0.0511. The van der Waals surface area contributed by atoms with Crippen molar-refractivity contribution in [1.82, 2.24) is 20.0 Å². The number of carbonyl (C=O) groups excluding carboxylic acids is 4. The summed E-state index contributed by atoms with van der Waals surface area (Å²) in [7, 11) is 1.43. The highest BCUT2D eigenvalue weighted by atomic mass is 16.5. The first-order valence-corrected chi connectivity index (χ1v) is 14.2. The molecule has 41 heavy (non-hydrogen) atoms. The number of piperidine rings is 1. The molecule has 4 amide bonds. The molecule has 218 valence electrons. The van der Waals surface area contributed by atoms with Crippen molar-refractivity contribution in [3.8, 4) is 0 Å². The Labute approximate surface area is 242 Å². The molecule has 2 atom stereocenters. The Morgan fingerprint density at radius 2 is 1.59 bits per heavy atom. The maximum atomic E-state index is 14.8. The molecule has 0 aromatic heterocycles. The first kappa shape index (κ1) is 30.0. The number of methoxy groups -OCH3 is 1. The monoisotopic (exact) mass is 560 g/mol. The van der Waals surface area contributed by atoms with Crippen molar-refractivity contribution in [2.75, 3.05) is 26.8 Å². The number of rotatable bonds is 9. The number of benzene rings is 2. The summed E-state index contributed by atoms with van der Waals surface area (Å²) in [6.07, 6.45) is 4.38. The van der Waals surface area contributed by atoms with E-state index in [-0.39, 0.29) is 30.8 Å². The van der Waals surface area contributed by atoms with Crippen LogP contribution in [0.1, 0.15) is 51.2 Å². The van der Waals surface area contributed by atoms with Crippen LogP contribution in [0.3, 0.4) is 0 Å². The zero-order valence-corrected chi connectivity index (χ0v) is 24.3. The van der Waals surface area contributed by atoms with Gasteiger partial charge in [0.15, 0.2) is 0 Å². The summed E-state index contributed by atoms with van der Waals surface area (Å²) in [5.41, 5.74) is -0.00221. The van der Waals surface area contributed by atoms with Crippen molar-refractivity contribution in [3.63, 3.8) is 0 Å². The van der Waals surface area contributed by atoms with E-state index in [1.807, 2.05) is 74.5 Å². The van der Waals surface area contributed by atoms with Crippen LogP contribution in [-0.4, -0.2) is 76.8 Å². The van der Waals surface area contributed by atoms with Gasteiger partial charge in [-0.15, -0.1) is 0 Å². The van der Waals surface area contributed by atoms with E-state index in [9.17, 15) is 19.2 Å². The molecule has 2 aromatic rings. The molecule has 1 N–H and O–H groups in total. The highest BCUT2D eigenvalue weighted by Crippen LogP contribution is 2.38. The second-order valence-corrected chi connectivity index (χ2v) is 11.0. The van der Waals surface area contributed by atoms with Crippen molar-refractivity contribution in [2.45, 2.75) is 58.2 Å². The lowest BCUT2D eigenvalue weighted by atomic mass is 9.89. The first-order chi connectivity index (χ1) is 19.7. The molecule has 0 radical (unpaired) electrons. The van der Waals surface area contributed by atoms with Gasteiger partial charge in [0.25, 0.3) is 17.7 Å². The third-order valence-electron chi connectivity index (χ3n) is 7.60. The summed E-state index contributed by atoms with van der Waals surface area (Å²) in [5, 5.41) is 2.97. The maximum absolute atomic E-state index is 14.8. The molecule has 2 aromatic carbocycles. The number of amides is 4. The van der Waals surface area contributed by atoms with Gasteiger partial charge >= 0.3 is 0 Å². The van der Waals surface area contributed by atoms with E-state index in [4.69, 9.17) is 4.74 Å².